The number of benzene rings is 2. The first-order valence-electron chi connectivity index (χ1n) is 12.8. The third-order valence-electron chi connectivity index (χ3n) is 2.18. The van der Waals surface area contributed by atoms with Gasteiger partial charge in [-0.05, 0) is 37.5 Å². The van der Waals surface area contributed by atoms with Crippen LogP contribution < -0.4 is 10.1 Å². The molecule has 2 heteroatoms. The lowest BCUT2D eigenvalue weighted by molar-refractivity contribution is 0.193. The van der Waals surface area contributed by atoms with Crippen LogP contribution in [0, 0.1) is 6.85 Å². The van der Waals surface area contributed by atoms with E-state index in [1.165, 1.54) is 17.4 Å². The van der Waals surface area contributed by atoms with E-state index in [-0.39, 0.29) is 0 Å². The number of hydrogen-bond acceptors (Lipinski definition) is 2. The van der Waals surface area contributed by atoms with Gasteiger partial charge >= 0.3 is 0 Å². The van der Waals surface area contributed by atoms with Crippen LogP contribution in [0.15, 0.2) is 54.5 Å². The highest BCUT2D eigenvalue weighted by Crippen LogP contribution is 2.26. The summed E-state index contributed by atoms with van der Waals surface area (Å²) in [6.45, 7) is -9.33. The summed E-state index contributed by atoms with van der Waals surface area (Å²) in [6, 6.07) is 0.602. The predicted octanol–water partition coefficient (Wildman–Crippen LogP) is 3.72. The molecule has 0 bridgehead atoms. The van der Waals surface area contributed by atoms with Gasteiger partial charge in [0.2, 0.25) is 0 Å². The lowest BCUT2D eigenvalue weighted by Gasteiger charge is -2.20. The molecule has 0 saturated heterocycles. The number of para-hydroxylation sites is 1. The van der Waals surface area contributed by atoms with Crippen molar-refractivity contribution >= 4 is 0 Å². The van der Waals surface area contributed by atoms with E-state index in [0.29, 0.717) is 0 Å². The van der Waals surface area contributed by atoms with Gasteiger partial charge in [0.05, 0.1) is 6.85 Å². The molecule has 0 saturated carbocycles. The Morgan fingerprint density at radius 3 is 2.95 bits per heavy atom. The Balaban J connectivity index is 2.86. The summed E-state index contributed by atoms with van der Waals surface area (Å²) < 4.78 is 123. The summed E-state index contributed by atoms with van der Waals surface area (Å²) in [7, 11) is 0. The predicted molar refractivity (Wildman–Crippen MR) is 79.5 cm³/mol. The fourth-order valence-corrected chi connectivity index (χ4v) is 1.35. The van der Waals surface area contributed by atoms with Crippen molar-refractivity contribution in [2.24, 2.45) is 0 Å². The van der Waals surface area contributed by atoms with Crippen molar-refractivity contribution in [1.29, 1.82) is 0 Å². The molecule has 2 rings (SSSR count). The summed E-state index contributed by atoms with van der Waals surface area (Å²) in [5.74, 6) is -0.465. The minimum Gasteiger partial charge on any atom is -0.485 e. The Bertz CT molecular complexity index is 1030. The topological polar surface area (TPSA) is 21.3 Å². The van der Waals surface area contributed by atoms with E-state index in [1.807, 2.05) is 0 Å². The molecule has 1 unspecified atom stereocenters. The zero-order chi connectivity index (χ0) is 26.4. The summed E-state index contributed by atoms with van der Waals surface area (Å²) in [5, 5.41) is 1.51. The average Bonchev–Trinajstić information content (AvgIpc) is 2.67. The van der Waals surface area contributed by atoms with Crippen LogP contribution in [0.5, 0.6) is 5.75 Å². The van der Waals surface area contributed by atoms with E-state index in [2.05, 4.69) is 0 Å². The van der Waals surface area contributed by atoms with Gasteiger partial charge in [-0.15, -0.1) is 0 Å². The van der Waals surface area contributed by atoms with Gasteiger partial charge in [-0.2, -0.15) is 0 Å². The molecule has 1 N–H and O–H groups in total. The second-order valence-corrected chi connectivity index (χ2v) is 3.43. The maximum atomic E-state index is 8.44. The van der Waals surface area contributed by atoms with Crippen molar-refractivity contribution in [2.45, 2.75) is 19.3 Å². The second kappa shape index (κ2) is 6.95. The van der Waals surface area contributed by atoms with E-state index in [4.69, 9.17) is 25.3 Å². The lowest BCUT2D eigenvalue weighted by Crippen LogP contribution is -2.16. The lowest BCUT2D eigenvalue weighted by atomic mass is 10.1. The molecule has 0 aliphatic carbocycles. The summed E-state index contributed by atoms with van der Waals surface area (Å²) in [5.41, 5.74) is -1.22. The maximum absolute atomic E-state index is 8.44. The Hall–Kier alpha value is -1.80. The van der Waals surface area contributed by atoms with Gasteiger partial charge in [-0.3, -0.25) is 0 Å². The third kappa shape index (κ3) is 3.83. The molecule has 0 spiro atoms. The molecule has 100 valence electrons. The molecule has 0 aliphatic rings. The van der Waals surface area contributed by atoms with Crippen molar-refractivity contribution in [3.05, 3.63) is 65.6 Å². The van der Waals surface area contributed by atoms with Gasteiger partial charge in [0.25, 0.3) is 0 Å². The highest BCUT2D eigenvalue weighted by atomic mass is 16.5. The van der Waals surface area contributed by atoms with Crippen molar-refractivity contribution in [1.82, 2.24) is 5.32 Å². The number of rotatable bonds is 6. The number of nitrogens with one attached hydrogen (secondary N) is 1. The molecular formula is C17H21NO. The molecule has 0 fully saturated rings. The smallest absolute Gasteiger partial charge is 0.125 e. The molecular weight excluding hydrogens is 234 g/mol. The molecule has 0 radical (unpaired) electrons. The molecule has 0 heterocycles. The Labute approximate surface area is 136 Å². The third-order valence-corrected chi connectivity index (χ3v) is 2.18. The number of aryl methyl sites for hydroxylation is 1. The monoisotopic (exact) mass is 270 g/mol. The van der Waals surface area contributed by atoms with Crippen molar-refractivity contribution in [3.8, 4) is 5.75 Å². The molecule has 1 atom stereocenters. The van der Waals surface area contributed by atoms with Crippen LogP contribution in [-0.4, -0.2) is 13.5 Å². The summed E-state index contributed by atoms with van der Waals surface area (Å²) in [6.07, 6.45) is -5.77. The molecule has 0 aromatic heterocycles. The first-order chi connectivity index (χ1) is 15.2. The highest BCUT2D eigenvalue weighted by Gasteiger charge is 2.13. The van der Waals surface area contributed by atoms with E-state index in [1.54, 1.807) is 0 Å². The van der Waals surface area contributed by atoms with Crippen LogP contribution in [0.2, 0.25) is 0 Å². The molecule has 19 heavy (non-hydrogen) atoms. The quantitative estimate of drug-likeness (QED) is 0.863. The van der Waals surface area contributed by atoms with Crippen LogP contribution >= 0.6 is 0 Å². The van der Waals surface area contributed by atoms with Crippen LogP contribution in [-0.2, 0) is 0 Å². The molecule has 0 amide bonds. The van der Waals surface area contributed by atoms with E-state index in [0.717, 1.165) is 12.1 Å². The van der Waals surface area contributed by atoms with Crippen molar-refractivity contribution in [3.63, 3.8) is 0 Å². The Morgan fingerprint density at radius 1 is 1.32 bits per heavy atom. The molecule has 2 aromatic carbocycles. The molecule has 0 aliphatic heterocycles. The van der Waals surface area contributed by atoms with Crippen LogP contribution in [0.1, 0.15) is 44.2 Å². The summed E-state index contributed by atoms with van der Waals surface area (Å²) in [4.78, 5) is 0. The van der Waals surface area contributed by atoms with Gasteiger partial charge in [0.1, 0.15) is 11.9 Å². The number of ether oxygens (including phenoxy) is 1. The van der Waals surface area contributed by atoms with E-state index in [9.17, 15) is 0 Å². The van der Waals surface area contributed by atoms with Gasteiger partial charge in [-0.1, -0.05) is 48.4 Å². The van der Waals surface area contributed by atoms with Crippen molar-refractivity contribution in [2.75, 3.05) is 13.5 Å². The Morgan fingerprint density at radius 2 is 2.16 bits per heavy atom. The fraction of sp³-hybridized carbons (Fsp3) is 0.294. The molecule has 2 nitrogen and oxygen atoms in total. The maximum Gasteiger partial charge on any atom is 0.125 e. The van der Waals surface area contributed by atoms with Crippen LogP contribution in [0.4, 0.5) is 0 Å². The van der Waals surface area contributed by atoms with Gasteiger partial charge in [-0.25, -0.2) is 0 Å². The SMILES string of the molecule is [2H]c1c([2H])c([2H])c(C(Oc2ccccc2C([2H])([2H])[2H])C([2H])([2H])C([2H])([2H])NC([2H])([2H])[2H])c([2H])c1[2H]. The first-order valence-corrected chi connectivity index (χ1v) is 5.34. The minimum absolute atomic E-state index is 0.410. The normalized spacial score (nSPS) is 26.4. The van der Waals surface area contributed by atoms with Crippen LogP contribution in [0.3, 0.4) is 0 Å². The van der Waals surface area contributed by atoms with Gasteiger partial charge in [0.15, 0.2) is 0 Å². The standard InChI is InChI=1S/C17H21NO/c1-14-8-6-7-11-16(14)19-17(12-13-18-2)15-9-4-3-5-10-15/h3-11,17-18H,12-13H2,1-2H3/i1D3,2D3,3D,4D,5D,9D,10D,12D2,13D2. The fourth-order valence-electron chi connectivity index (χ4n) is 1.35. The minimum atomic E-state index is -3.41. The van der Waals surface area contributed by atoms with Gasteiger partial charge in [0, 0.05) is 20.1 Å². The zero-order valence-corrected chi connectivity index (χ0v) is 9.79. The summed E-state index contributed by atoms with van der Waals surface area (Å²) >= 11 is 0. The zero-order valence-electron chi connectivity index (χ0n) is 24.8. The van der Waals surface area contributed by atoms with E-state index >= 15 is 0 Å². The largest absolute Gasteiger partial charge is 0.485 e. The first kappa shape index (κ1) is 4.10. The van der Waals surface area contributed by atoms with Crippen molar-refractivity contribution < 1.29 is 25.3 Å². The second-order valence-electron chi connectivity index (χ2n) is 3.43. The van der Waals surface area contributed by atoms with Gasteiger partial charge < -0.3 is 10.1 Å². The molecule has 2 aromatic rings. The Kier molecular flexibility index (Phi) is 1.50. The number of hydrogen-bond donors (Lipinski definition) is 1. The average molecular weight is 270 g/mol. The van der Waals surface area contributed by atoms with Crippen LogP contribution in [0.25, 0.3) is 0 Å². The van der Waals surface area contributed by atoms with E-state index < -0.39 is 79.9 Å². The highest BCUT2D eigenvalue weighted by molar-refractivity contribution is 5.33.